The summed E-state index contributed by atoms with van der Waals surface area (Å²) in [5.41, 5.74) is 0.285. The van der Waals surface area contributed by atoms with Crippen LogP contribution in [0, 0.1) is 15.9 Å². The predicted octanol–water partition coefficient (Wildman–Crippen LogP) is 2.81. The summed E-state index contributed by atoms with van der Waals surface area (Å²) in [6, 6.07) is 10.5. The minimum absolute atomic E-state index is 0.0441. The molecule has 0 saturated heterocycles. The van der Waals surface area contributed by atoms with E-state index in [1.165, 1.54) is 31.4 Å². The Kier molecular flexibility index (Phi) is 6.02. The molecule has 132 valence electrons. The standard InChI is InChI=1S/C17H18FN3O4/c1-20(10-12-5-3-4-6-14(12)18)11-17(22)19-15-8-7-13(25-2)9-16(15)21(23)24/h3-9H,10-11H2,1-2H3,(H,19,22). The summed E-state index contributed by atoms with van der Waals surface area (Å²) < 4.78 is 18.6. The molecule has 0 atom stereocenters. The molecule has 1 amide bonds. The van der Waals surface area contributed by atoms with Crippen molar-refractivity contribution in [3.05, 3.63) is 64.0 Å². The van der Waals surface area contributed by atoms with E-state index in [1.807, 2.05) is 0 Å². The second-order valence-corrected chi connectivity index (χ2v) is 5.45. The van der Waals surface area contributed by atoms with Crippen LogP contribution in [-0.2, 0) is 11.3 Å². The van der Waals surface area contributed by atoms with Crippen molar-refractivity contribution in [1.29, 1.82) is 0 Å². The van der Waals surface area contributed by atoms with Crippen LogP contribution in [0.4, 0.5) is 15.8 Å². The number of methoxy groups -OCH3 is 1. The molecular weight excluding hydrogens is 329 g/mol. The van der Waals surface area contributed by atoms with Crippen LogP contribution in [0.3, 0.4) is 0 Å². The highest BCUT2D eigenvalue weighted by atomic mass is 19.1. The fraction of sp³-hybridized carbons (Fsp3) is 0.235. The number of amides is 1. The van der Waals surface area contributed by atoms with Gasteiger partial charge in [-0.15, -0.1) is 0 Å². The summed E-state index contributed by atoms with van der Waals surface area (Å²) in [5, 5.41) is 13.6. The van der Waals surface area contributed by atoms with E-state index < -0.39 is 10.8 Å². The van der Waals surface area contributed by atoms with Crippen LogP contribution < -0.4 is 10.1 Å². The van der Waals surface area contributed by atoms with Gasteiger partial charge in [-0.05, 0) is 25.2 Å². The Bertz CT molecular complexity index is 782. The van der Waals surface area contributed by atoms with Crippen LogP contribution in [0.25, 0.3) is 0 Å². The fourth-order valence-electron chi connectivity index (χ4n) is 2.30. The third kappa shape index (κ3) is 4.98. The first kappa shape index (κ1) is 18.3. The topological polar surface area (TPSA) is 84.7 Å². The third-order valence-corrected chi connectivity index (χ3v) is 3.49. The van der Waals surface area contributed by atoms with Gasteiger partial charge in [-0.2, -0.15) is 0 Å². The molecule has 1 N–H and O–H groups in total. The number of likely N-dealkylation sites (N-methyl/N-ethyl adjacent to an activating group) is 1. The van der Waals surface area contributed by atoms with Gasteiger partial charge >= 0.3 is 0 Å². The molecule has 2 rings (SSSR count). The summed E-state index contributed by atoms with van der Waals surface area (Å²) in [5.74, 6) is -0.464. The van der Waals surface area contributed by atoms with E-state index in [0.29, 0.717) is 11.3 Å². The Hall–Kier alpha value is -3.00. The van der Waals surface area contributed by atoms with E-state index in [0.717, 1.165) is 0 Å². The minimum atomic E-state index is -0.596. The maximum Gasteiger partial charge on any atom is 0.296 e. The van der Waals surface area contributed by atoms with Gasteiger partial charge in [0.05, 0.1) is 24.6 Å². The van der Waals surface area contributed by atoms with Crippen LogP contribution in [0.5, 0.6) is 5.75 Å². The lowest BCUT2D eigenvalue weighted by Gasteiger charge is -2.17. The quantitative estimate of drug-likeness (QED) is 0.615. The molecule has 0 radical (unpaired) electrons. The number of halogens is 1. The molecule has 0 heterocycles. The highest BCUT2D eigenvalue weighted by Gasteiger charge is 2.18. The van der Waals surface area contributed by atoms with E-state index in [2.05, 4.69) is 5.32 Å². The smallest absolute Gasteiger partial charge is 0.296 e. The molecule has 0 fully saturated rings. The molecule has 0 unspecified atom stereocenters. The normalized spacial score (nSPS) is 10.6. The molecule has 0 aliphatic heterocycles. The van der Waals surface area contributed by atoms with Crippen molar-refractivity contribution in [2.24, 2.45) is 0 Å². The Morgan fingerprint density at radius 3 is 2.68 bits per heavy atom. The van der Waals surface area contributed by atoms with E-state index in [4.69, 9.17) is 4.74 Å². The molecule has 8 heteroatoms. The van der Waals surface area contributed by atoms with Gasteiger partial charge in [0, 0.05) is 12.1 Å². The Morgan fingerprint density at radius 2 is 2.04 bits per heavy atom. The molecule has 0 bridgehead atoms. The maximum absolute atomic E-state index is 13.6. The molecule has 2 aromatic rings. The molecule has 2 aromatic carbocycles. The van der Waals surface area contributed by atoms with Crippen molar-refractivity contribution in [2.75, 3.05) is 26.0 Å². The first-order valence-corrected chi connectivity index (χ1v) is 7.45. The molecule has 25 heavy (non-hydrogen) atoms. The highest BCUT2D eigenvalue weighted by Crippen LogP contribution is 2.28. The van der Waals surface area contributed by atoms with Gasteiger partial charge in [-0.25, -0.2) is 4.39 Å². The zero-order valence-corrected chi connectivity index (χ0v) is 13.9. The van der Waals surface area contributed by atoms with Gasteiger partial charge in [0.25, 0.3) is 5.69 Å². The van der Waals surface area contributed by atoms with Crippen LogP contribution in [0.1, 0.15) is 5.56 Å². The molecule has 0 spiro atoms. The zero-order chi connectivity index (χ0) is 18.4. The lowest BCUT2D eigenvalue weighted by Crippen LogP contribution is -2.30. The number of carbonyl (C=O) groups is 1. The number of rotatable bonds is 7. The molecule has 0 aliphatic carbocycles. The lowest BCUT2D eigenvalue weighted by molar-refractivity contribution is -0.384. The van der Waals surface area contributed by atoms with Gasteiger partial charge in [0.1, 0.15) is 17.3 Å². The largest absolute Gasteiger partial charge is 0.496 e. The predicted molar refractivity (Wildman–Crippen MR) is 91.0 cm³/mol. The van der Waals surface area contributed by atoms with E-state index in [1.54, 1.807) is 30.1 Å². The summed E-state index contributed by atoms with van der Waals surface area (Å²) in [6.07, 6.45) is 0. The summed E-state index contributed by atoms with van der Waals surface area (Å²) in [7, 11) is 3.06. The minimum Gasteiger partial charge on any atom is -0.496 e. The Balaban J connectivity index is 2.02. The van der Waals surface area contributed by atoms with Gasteiger partial charge < -0.3 is 10.1 Å². The molecule has 0 saturated carbocycles. The Morgan fingerprint density at radius 1 is 1.32 bits per heavy atom. The van der Waals surface area contributed by atoms with E-state index >= 15 is 0 Å². The summed E-state index contributed by atoms with van der Waals surface area (Å²) in [4.78, 5) is 24.3. The Labute approximate surface area is 144 Å². The van der Waals surface area contributed by atoms with Crippen molar-refractivity contribution in [3.63, 3.8) is 0 Å². The average Bonchev–Trinajstić information content (AvgIpc) is 2.57. The number of anilines is 1. The van der Waals surface area contributed by atoms with Crippen LogP contribution in [0.2, 0.25) is 0 Å². The van der Waals surface area contributed by atoms with Crippen molar-refractivity contribution < 1.29 is 18.8 Å². The molecule has 7 nitrogen and oxygen atoms in total. The fourth-order valence-corrected chi connectivity index (χ4v) is 2.30. The van der Waals surface area contributed by atoms with Gasteiger partial charge in [0.2, 0.25) is 5.91 Å². The van der Waals surface area contributed by atoms with E-state index in [9.17, 15) is 19.3 Å². The van der Waals surface area contributed by atoms with Crippen molar-refractivity contribution in [1.82, 2.24) is 4.90 Å². The van der Waals surface area contributed by atoms with Crippen molar-refractivity contribution in [3.8, 4) is 5.75 Å². The number of nitro benzene ring substituents is 1. The van der Waals surface area contributed by atoms with Gasteiger partial charge in [-0.3, -0.25) is 19.8 Å². The van der Waals surface area contributed by atoms with Gasteiger partial charge in [0.15, 0.2) is 0 Å². The molecular formula is C17H18FN3O4. The maximum atomic E-state index is 13.6. The monoisotopic (exact) mass is 347 g/mol. The third-order valence-electron chi connectivity index (χ3n) is 3.49. The highest BCUT2D eigenvalue weighted by molar-refractivity contribution is 5.94. The molecule has 0 aromatic heterocycles. The van der Waals surface area contributed by atoms with Crippen molar-refractivity contribution in [2.45, 2.75) is 6.54 Å². The number of nitro groups is 1. The second kappa shape index (κ2) is 8.20. The number of hydrogen-bond donors (Lipinski definition) is 1. The SMILES string of the molecule is COc1ccc(NC(=O)CN(C)Cc2ccccc2F)c([N+](=O)[O-])c1. The summed E-state index contributed by atoms with van der Waals surface area (Å²) in [6.45, 7) is 0.197. The van der Waals surface area contributed by atoms with Gasteiger partial charge in [-0.1, -0.05) is 18.2 Å². The number of hydrogen-bond acceptors (Lipinski definition) is 5. The number of benzene rings is 2. The first-order chi connectivity index (χ1) is 11.9. The van der Waals surface area contributed by atoms with Crippen LogP contribution >= 0.6 is 0 Å². The molecule has 0 aliphatic rings. The van der Waals surface area contributed by atoms with E-state index in [-0.39, 0.29) is 30.3 Å². The van der Waals surface area contributed by atoms with Crippen LogP contribution in [-0.4, -0.2) is 36.4 Å². The first-order valence-electron chi connectivity index (χ1n) is 7.45. The number of carbonyl (C=O) groups excluding carboxylic acids is 1. The van der Waals surface area contributed by atoms with Crippen molar-refractivity contribution >= 4 is 17.3 Å². The zero-order valence-electron chi connectivity index (χ0n) is 13.9. The number of nitrogens with zero attached hydrogens (tertiary/aromatic N) is 2. The second-order valence-electron chi connectivity index (χ2n) is 5.45. The lowest BCUT2D eigenvalue weighted by atomic mass is 10.2. The average molecular weight is 347 g/mol. The number of ether oxygens (including phenoxy) is 1. The number of nitrogens with one attached hydrogen (secondary N) is 1. The van der Waals surface area contributed by atoms with Crippen LogP contribution in [0.15, 0.2) is 42.5 Å². The summed E-state index contributed by atoms with van der Waals surface area (Å²) >= 11 is 0.